The monoisotopic (exact) mass is 324 g/mol. The number of nitrogens with one attached hydrogen (secondary N) is 3. The molecule has 24 heavy (non-hydrogen) atoms. The lowest BCUT2D eigenvalue weighted by Crippen LogP contribution is -2.36. The Morgan fingerprint density at radius 2 is 1.96 bits per heavy atom. The van der Waals surface area contributed by atoms with E-state index in [9.17, 15) is 9.18 Å². The molecule has 0 bridgehead atoms. The fourth-order valence-electron chi connectivity index (χ4n) is 2.41. The van der Waals surface area contributed by atoms with Gasteiger partial charge >= 0.3 is 0 Å². The van der Waals surface area contributed by atoms with Gasteiger partial charge in [-0.15, -0.1) is 5.53 Å². The largest absolute Gasteiger partial charge is 0.348 e. The van der Waals surface area contributed by atoms with Crippen LogP contribution < -0.4 is 21.3 Å². The van der Waals surface area contributed by atoms with E-state index in [0.29, 0.717) is 6.54 Å². The Kier molecular flexibility index (Phi) is 4.58. The van der Waals surface area contributed by atoms with Crippen molar-refractivity contribution in [2.45, 2.75) is 6.54 Å². The van der Waals surface area contributed by atoms with Crippen LogP contribution in [0.5, 0.6) is 0 Å². The molecule has 0 atom stereocenters. The van der Waals surface area contributed by atoms with Gasteiger partial charge in [0.2, 0.25) is 5.91 Å². The number of benzene rings is 2. The maximum atomic E-state index is 13.1. The fraction of sp³-hybridized carbons (Fsp3) is 0.0556. The average Bonchev–Trinajstić information content (AvgIpc) is 3.14. The number of anilines is 1. The first kappa shape index (κ1) is 15.8. The smallest absolute Gasteiger partial charge is 0.243 e. The molecule has 0 saturated heterocycles. The molecule has 1 heterocycles. The maximum absolute atomic E-state index is 13.1. The highest BCUT2D eigenvalue weighted by molar-refractivity contribution is 5.87. The van der Waals surface area contributed by atoms with Crippen molar-refractivity contribution >= 4 is 11.6 Å². The topological polar surface area (TPSA) is 56.4 Å². The van der Waals surface area contributed by atoms with Crippen LogP contribution in [-0.2, 0) is 11.3 Å². The number of hydrogen-bond donors (Lipinski definition) is 3. The van der Waals surface area contributed by atoms with Gasteiger partial charge in [-0.2, -0.15) is 0 Å². The van der Waals surface area contributed by atoms with Crippen LogP contribution in [0.25, 0.3) is 11.1 Å². The van der Waals surface area contributed by atoms with E-state index < -0.39 is 0 Å². The highest BCUT2D eigenvalue weighted by Crippen LogP contribution is 2.28. The van der Waals surface area contributed by atoms with Crippen LogP contribution in [0.3, 0.4) is 0 Å². The van der Waals surface area contributed by atoms with Gasteiger partial charge in [-0.05, 0) is 41.0 Å². The van der Waals surface area contributed by atoms with E-state index in [4.69, 9.17) is 0 Å². The molecular formula is C18H17FN4O. The van der Waals surface area contributed by atoms with Crippen LogP contribution in [0.4, 0.5) is 10.1 Å². The molecule has 0 fully saturated rings. The second-order valence-corrected chi connectivity index (χ2v) is 5.21. The number of halogens is 1. The SMILES string of the molecule is C=CC(=O)NCc1ccc(-c2ccc(F)cc2)cc1N1C=CNN1. The minimum atomic E-state index is -0.268. The number of carbonyl (C=O) groups excluding carboxylic acids is 1. The molecule has 1 amide bonds. The molecule has 0 unspecified atom stereocenters. The van der Waals surface area contributed by atoms with Crippen LogP contribution in [0.1, 0.15) is 5.56 Å². The molecule has 0 spiro atoms. The van der Waals surface area contributed by atoms with Crippen LogP contribution in [0, 0.1) is 5.82 Å². The Morgan fingerprint density at radius 1 is 1.21 bits per heavy atom. The van der Waals surface area contributed by atoms with Crippen molar-refractivity contribution in [3.8, 4) is 11.1 Å². The van der Waals surface area contributed by atoms with Crippen molar-refractivity contribution < 1.29 is 9.18 Å². The summed E-state index contributed by atoms with van der Waals surface area (Å²) < 4.78 is 13.1. The molecular weight excluding hydrogens is 307 g/mol. The number of hydrogen-bond acceptors (Lipinski definition) is 4. The fourth-order valence-corrected chi connectivity index (χ4v) is 2.41. The molecule has 0 aromatic heterocycles. The summed E-state index contributed by atoms with van der Waals surface area (Å²) in [7, 11) is 0. The first-order chi connectivity index (χ1) is 11.7. The van der Waals surface area contributed by atoms with Crippen molar-refractivity contribution in [3.63, 3.8) is 0 Å². The van der Waals surface area contributed by atoms with Crippen molar-refractivity contribution in [2.75, 3.05) is 5.01 Å². The molecule has 3 N–H and O–H groups in total. The van der Waals surface area contributed by atoms with Crippen molar-refractivity contribution in [1.29, 1.82) is 0 Å². The summed E-state index contributed by atoms with van der Waals surface area (Å²) >= 11 is 0. The number of hydrazine groups is 2. The molecule has 2 aromatic carbocycles. The number of nitrogens with zero attached hydrogens (tertiary/aromatic N) is 1. The highest BCUT2D eigenvalue weighted by atomic mass is 19.1. The second kappa shape index (κ2) is 6.97. The van der Waals surface area contributed by atoms with Gasteiger partial charge in [-0.1, -0.05) is 30.8 Å². The van der Waals surface area contributed by atoms with Crippen LogP contribution in [0.2, 0.25) is 0 Å². The molecule has 1 aliphatic rings. The molecule has 5 nitrogen and oxygen atoms in total. The summed E-state index contributed by atoms with van der Waals surface area (Å²) in [6.07, 6.45) is 4.83. The summed E-state index contributed by atoms with van der Waals surface area (Å²) in [5.74, 6) is -0.498. The third kappa shape index (κ3) is 3.44. The Hall–Kier alpha value is -3.12. The van der Waals surface area contributed by atoms with Gasteiger partial charge in [0.25, 0.3) is 0 Å². The van der Waals surface area contributed by atoms with Gasteiger partial charge in [-0.3, -0.25) is 9.80 Å². The molecule has 0 radical (unpaired) electrons. The minimum absolute atomic E-state index is 0.230. The van der Waals surface area contributed by atoms with Gasteiger partial charge in [0.1, 0.15) is 5.82 Å². The third-order valence-electron chi connectivity index (χ3n) is 3.65. The molecule has 0 saturated carbocycles. The number of rotatable bonds is 5. The van der Waals surface area contributed by atoms with Gasteiger partial charge in [0, 0.05) is 18.9 Å². The van der Waals surface area contributed by atoms with Crippen molar-refractivity contribution in [3.05, 3.63) is 78.9 Å². The normalized spacial score (nSPS) is 12.8. The van der Waals surface area contributed by atoms with Crippen LogP contribution in [0.15, 0.2) is 67.5 Å². The average molecular weight is 324 g/mol. The predicted molar refractivity (Wildman–Crippen MR) is 91.8 cm³/mol. The van der Waals surface area contributed by atoms with E-state index >= 15 is 0 Å². The van der Waals surface area contributed by atoms with E-state index in [1.54, 1.807) is 18.3 Å². The molecule has 1 aliphatic heterocycles. The number of carbonyl (C=O) groups is 1. The Balaban J connectivity index is 1.94. The molecule has 2 aromatic rings. The lowest BCUT2D eigenvalue weighted by molar-refractivity contribution is -0.116. The predicted octanol–water partition coefficient (Wildman–Crippen LogP) is 2.60. The standard InChI is InChI=1S/C18H17FN4O/c1-2-18(24)20-12-15-4-3-14(13-5-7-16(19)8-6-13)11-17(15)23-10-9-21-22-23/h2-11,21-22H,1,12H2,(H,20,24). The van der Waals surface area contributed by atoms with E-state index in [1.807, 2.05) is 29.4 Å². The van der Waals surface area contributed by atoms with Gasteiger partial charge in [0.15, 0.2) is 0 Å². The highest BCUT2D eigenvalue weighted by Gasteiger charge is 2.13. The third-order valence-corrected chi connectivity index (χ3v) is 3.65. The lowest BCUT2D eigenvalue weighted by atomic mass is 10.0. The van der Waals surface area contributed by atoms with Gasteiger partial charge in [0.05, 0.1) is 5.69 Å². The zero-order chi connectivity index (χ0) is 16.9. The second-order valence-electron chi connectivity index (χ2n) is 5.21. The molecule has 0 aliphatic carbocycles. The first-order valence-corrected chi connectivity index (χ1v) is 7.43. The molecule has 6 heteroatoms. The quantitative estimate of drug-likeness (QED) is 0.740. The van der Waals surface area contributed by atoms with Gasteiger partial charge in [-0.25, -0.2) is 4.39 Å². The Labute approximate surface area is 139 Å². The molecule has 122 valence electrons. The zero-order valence-corrected chi connectivity index (χ0v) is 12.9. The first-order valence-electron chi connectivity index (χ1n) is 7.43. The van der Waals surface area contributed by atoms with E-state index in [2.05, 4.69) is 22.9 Å². The van der Waals surface area contributed by atoms with E-state index in [1.165, 1.54) is 18.2 Å². The van der Waals surface area contributed by atoms with Crippen molar-refractivity contribution in [1.82, 2.24) is 16.3 Å². The Bertz CT molecular complexity index is 786. The van der Waals surface area contributed by atoms with E-state index in [-0.39, 0.29) is 11.7 Å². The lowest BCUT2D eigenvalue weighted by Gasteiger charge is -2.21. The maximum Gasteiger partial charge on any atom is 0.243 e. The van der Waals surface area contributed by atoms with Gasteiger partial charge < -0.3 is 10.7 Å². The van der Waals surface area contributed by atoms with Crippen LogP contribution in [-0.4, -0.2) is 5.91 Å². The summed E-state index contributed by atoms with van der Waals surface area (Å²) in [5.41, 5.74) is 9.53. The summed E-state index contributed by atoms with van der Waals surface area (Å²) in [5, 5.41) is 4.58. The molecule has 3 rings (SSSR count). The van der Waals surface area contributed by atoms with Crippen LogP contribution >= 0.6 is 0 Å². The minimum Gasteiger partial charge on any atom is -0.348 e. The summed E-state index contributed by atoms with van der Waals surface area (Å²) in [6.45, 7) is 3.82. The summed E-state index contributed by atoms with van der Waals surface area (Å²) in [6, 6.07) is 12.2. The van der Waals surface area contributed by atoms with Crippen molar-refractivity contribution in [2.24, 2.45) is 0 Å². The summed E-state index contributed by atoms with van der Waals surface area (Å²) in [4.78, 5) is 11.4. The Morgan fingerprint density at radius 3 is 2.62 bits per heavy atom. The number of amides is 1. The van der Waals surface area contributed by atoms with E-state index in [0.717, 1.165) is 22.4 Å². The zero-order valence-electron chi connectivity index (χ0n) is 12.9.